The van der Waals surface area contributed by atoms with Gasteiger partial charge in [-0.3, -0.25) is 0 Å². The van der Waals surface area contributed by atoms with Gasteiger partial charge in [-0.25, -0.2) is 17.8 Å². The van der Waals surface area contributed by atoms with E-state index in [4.69, 9.17) is 16.3 Å². The number of nitrogens with zero attached hydrogens (tertiary/aromatic N) is 2. The molecule has 1 aromatic carbocycles. The summed E-state index contributed by atoms with van der Waals surface area (Å²) in [4.78, 5) is 0.110. The van der Waals surface area contributed by atoms with Gasteiger partial charge in [0.25, 0.3) is 0 Å². The number of rotatable bonds is 6. The SMILES string of the molecule is COc1ccc(Cl)cc1-n1cc(S(=O)(=O)NCC2CCCNC2)cn1.Cl. The Bertz CT molecular complexity index is 836. The molecule has 2 heterocycles. The fourth-order valence-corrected chi connectivity index (χ4v) is 4.04. The van der Waals surface area contributed by atoms with Gasteiger partial charge in [0.15, 0.2) is 0 Å². The van der Waals surface area contributed by atoms with E-state index < -0.39 is 10.0 Å². The van der Waals surface area contributed by atoms with Gasteiger partial charge in [-0.15, -0.1) is 12.4 Å². The normalized spacial score (nSPS) is 17.5. The molecule has 10 heteroatoms. The predicted molar refractivity (Wildman–Crippen MR) is 103 cm³/mol. The summed E-state index contributed by atoms with van der Waals surface area (Å²) in [5.41, 5.74) is 0.577. The summed E-state index contributed by atoms with van der Waals surface area (Å²) >= 11 is 6.02. The number of methoxy groups -OCH3 is 1. The van der Waals surface area contributed by atoms with E-state index in [1.54, 1.807) is 18.2 Å². The van der Waals surface area contributed by atoms with Gasteiger partial charge in [-0.05, 0) is 50.0 Å². The smallest absolute Gasteiger partial charge is 0.243 e. The Morgan fingerprint density at radius 1 is 1.46 bits per heavy atom. The van der Waals surface area contributed by atoms with Crippen LogP contribution >= 0.6 is 24.0 Å². The zero-order valence-electron chi connectivity index (χ0n) is 14.3. The maximum absolute atomic E-state index is 12.5. The highest BCUT2D eigenvalue weighted by atomic mass is 35.5. The second-order valence-electron chi connectivity index (χ2n) is 6.00. The molecule has 0 aliphatic carbocycles. The van der Waals surface area contributed by atoms with Gasteiger partial charge < -0.3 is 10.1 Å². The molecule has 7 nitrogen and oxygen atoms in total. The Hall–Kier alpha value is -1.32. The van der Waals surface area contributed by atoms with E-state index in [1.807, 2.05) is 0 Å². The number of halogens is 2. The molecule has 0 spiro atoms. The lowest BCUT2D eigenvalue weighted by molar-refractivity contribution is 0.376. The van der Waals surface area contributed by atoms with Crippen LogP contribution in [0.3, 0.4) is 0 Å². The van der Waals surface area contributed by atoms with E-state index in [0.29, 0.717) is 28.9 Å². The van der Waals surface area contributed by atoms with Crippen LogP contribution in [0.1, 0.15) is 12.8 Å². The topological polar surface area (TPSA) is 85.2 Å². The number of sulfonamides is 1. The van der Waals surface area contributed by atoms with Crippen molar-refractivity contribution in [3.05, 3.63) is 35.6 Å². The van der Waals surface area contributed by atoms with Crippen LogP contribution in [0.4, 0.5) is 0 Å². The monoisotopic (exact) mass is 420 g/mol. The van der Waals surface area contributed by atoms with Crippen LogP contribution in [-0.4, -0.2) is 44.9 Å². The van der Waals surface area contributed by atoms with Crippen molar-refractivity contribution in [3.8, 4) is 11.4 Å². The van der Waals surface area contributed by atoms with Crippen molar-refractivity contribution in [2.75, 3.05) is 26.7 Å². The third kappa shape index (κ3) is 4.89. The number of aromatic nitrogens is 2. The fourth-order valence-electron chi connectivity index (χ4n) is 2.83. The molecule has 0 amide bonds. The molecule has 0 radical (unpaired) electrons. The van der Waals surface area contributed by atoms with Crippen molar-refractivity contribution < 1.29 is 13.2 Å². The zero-order valence-corrected chi connectivity index (χ0v) is 16.7. The number of hydrogen-bond acceptors (Lipinski definition) is 5. The molecule has 1 unspecified atom stereocenters. The van der Waals surface area contributed by atoms with Crippen molar-refractivity contribution in [1.82, 2.24) is 19.8 Å². The van der Waals surface area contributed by atoms with Crippen LogP contribution in [0.2, 0.25) is 5.02 Å². The predicted octanol–water partition coefficient (Wildman–Crippen LogP) is 2.23. The van der Waals surface area contributed by atoms with Gasteiger partial charge in [0.1, 0.15) is 16.3 Å². The van der Waals surface area contributed by atoms with E-state index in [0.717, 1.165) is 25.9 Å². The zero-order chi connectivity index (χ0) is 17.9. The van der Waals surface area contributed by atoms with E-state index >= 15 is 0 Å². The van der Waals surface area contributed by atoms with E-state index in [9.17, 15) is 8.42 Å². The fraction of sp³-hybridized carbons (Fsp3) is 0.438. The molecule has 144 valence electrons. The molecule has 1 aromatic heterocycles. The lowest BCUT2D eigenvalue weighted by Crippen LogP contribution is -2.38. The highest BCUT2D eigenvalue weighted by Gasteiger charge is 2.21. The molecule has 26 heavy (non-hydrogen) atoms. The minimum absolute atomic E-state index is 0. The van der Waals surface area contributed by atoms with Crippen LogP contribution in [0.5, 0.6) is 5.75 Å². The van der Waals surface area contributed by atoms with E-state index in [1.165, 1.54) is 24.2 Å². The van der Waals surface area contributed by atoms with Crippen molar-refractivity contribution >= 4 is 34.0 Å². The number of ether oxygens (including phenoxy) is 1. The minimum atomic E-state index is -3.61. The highest BCUT2D eigenvalue weighted by Crippen LogP contribution is 2.26. The molecular formula is C16H22Cl2N4O3S. The van der Waals surface area contributed by atoms with Crippen LogP contribution < -0.4 is 14.8 Å². The summed E-state index contributed by atoms with van der Waals surface area (Å²) in [5, 5.41) is 7.93. The Labute approximate surface area is 164 Å². The molecule has 1 saturated heterocycles. The van der Waals surface area contributed by atoms with Gasteiger partial charge in [0, 0.05) is 11.6 Å². The Balaban J connectivity index is 0.00000243. The molecule has 2 N–H and O–H groups in total. The van der Waals surface area contributed by atoms with E-state index in [2.05, 4.69) is 15.1 Å². The third-order valence-electron chi connectivity index (χ3n) is 4.22. The van der Waals surface area contributed by atoms with Crippen molar-refractivity contribution in [2.45, 2.75) is 17.7 Å². The second kappa shape index (κ2) is 9.05. The summed E-state index contributed by atoms with van der Waals surface area (Å²) in [5.74, 6) is 0.865. The Morgan fingerprint density at radius 2 is 2.27 bits per heavy atom. The number of piperidine rings is 1. The summed E-state index contributed by atoms with van der Waals surface area (Å²) < 4.78 is 34.4. The summed E-state index contributed by atoms with van der Waals surface area (Å²) in [6.45, 7) is 2.25. The maximum Gasteiger partial charge on any atom is 0.243 e. The molecule has 0 saturated carbocycles. The average Bonchev–Trinajstić information content (AvgIpc) is 3.12. The molecule has 3 rings (SSSR count). The molecule has 0 bridgehead atoms. The summed E-state index contributed by atoms with van der Waals surface area (Å²) in [6, 6.07) is 5.08. The summed E-state index contributed by atoms with van der Waals surface area (Å²) in [6.07, 6.45) is 4.87. The van der Waals surface area contributed by atoms with Gasteiger partial charge in [0.05, 0.1) is 19.5 Å². The second-order valence-corrected chi connectivity index (χ2v) is 8.20. The van der Waals surface area contributed by atoms with Gasteiger partial charge >= 0.3 is 0 Å². The van der Waals surface area contributed by atoms with Gasteiger partial charge in [0.2, 0.25) is 10.0 Å². The first-order valence-electron chi connectivity index (χ1n) is 8.08. The van der Waals surface area contributed by atoms with Crippen molar-refractivity contribution in [2.24, 2.45) is 5.92 Å². The molecular weight excluding hydrogens is 399 g/mol. The van der Waals surface area contributed by atoms with Crippen LogP contribution in [-0.2, 0) is 10.0 Å². The molecule has 2 aromatic rings. The molecule has 1 fully saturated rings. The largest absolute Gasteiger partial charge is 0.494 e. The molecule has 1 atom stereocenters. The first-order chi connectivity index (χ1) is 12.0. The van der Waals surface area contributed by atoms with Crippen LogP contribution in [0.25, 0.3) is 5.69 Å². The standard InChI is InChI=1S/C16H21ClN4O3S.ClH/c1-24-16-5-4-13(17)7-15(16)21-11-14(10-19-21)25(22,23)20-9-12-3-2-6-18-8-12;/h4-5,7,10-12,18,20H,2-3,6,8-9H2,1H3;1H. The highest BCUT2D eigenvalue weighted by molar-refractivity contribution is 7.89. The quantitative estimate of drug-likeness (QED) is 0.748. The first-order valence-corrected chi connectivity index (χ1v) is 9.94. The number of nitrogens with one attached hydrogen (secondary N) is 2. The van der Waals surface area contributed by atoms with Crippen LogP contribution in [0, 0.1) is 5.92 Å². The first kappa shape index (κ1) is 21.0. The lowest BCUT2D eigenvalue weighted by Gasteiger charge is -2.22. The van der Waals surface area contributed by atoms with Crippen molar-refractivity contribution in [3.63, 3.8) is 0 Å². The lowest BCUT2D eigenvalue weighted by atomic mass is 10.0. The minimum Gasteiger partial charge on any atom is -0.494 e. The Kier molecular flexibility index (Phi) is 7.31. The number of hydrogen-bond donors (Lipinski definition) is 2. The van der Waals surface area contributed by atoms with Crippen molar-refractivity contribution in [1.29, 1.82) is 0 Å². The molecule has 1 aliphatic heterocycles. The molecule has 1 aliphatic rings. The maximum atomic E-state index is 12.5. The average molecular weight is 421 g/mol. The summed E-state index contributed by atoms with van der Waals surface area (Å²) in [7, 11) is -2.08. The van der Waals surface area contributed by atoms with Gasteiger partial charge in [-0.1, -0.05) is 11.6 Å². The third-order valence-corrected chi connectivity index (χ3v) is 5.83. The Morgan fingerprint density at radius 3 is 2.96 bits per heavy atom. The van der Waals surface area contributed by atoms with Crippen LogP contribution in [0.15, 0.2) is 35.5 Å². The van der Waals surface area contributed by atoms with E-state index in [-0.39, 0.29) is 17.3 Å². The van der Waals surface area contributed by atoms with Gasteiger partial charge in [-0.2, -0.15) is 5.10 Å². The number of benzene rings is 1.